The van der Waals surface area contributed by atoms with Gasteiger partial charge in [0.05, 0.1) is 19.0 Å². The van der Waals surface area contributed by atoms with Gasteiger partial charge in [0.25, 0.3) is 0 Å². The predicted octanol–water partition coefficient (Wildman–Crippen LogP) is 2.97. The highest BCUT2D eigenvalue weighted by Crippen LogP contribution is 2.13. The monoisotopic (exact) mass is 369 g/mol. The molecule has 1 atom stereocenters. The summed E-state index contributed by atoms with van der Waals surface area (Å²) < 4.78 is 42.6. The molecule has 1 aromatic heterocycles. The van der Waals surface area contributed by atoms with Gasteiger partial charge in [-0.3, -0.25) is 4.90 Å². The zero-order valence-corrected chi connectivity index (χ0v) is 14.9. The van der Waals surface area contributed by atoms with E-state index in [1.54, 1.807) is 25.5 Å². The third kappa shape index (κ3) is 7.21. The number of aliphatic hydroxyl groups excluding tert-OH is 1. The minimum atomic E-state index is -0.740. The smallest absolute Gasteiger partial charge is 0.130 e. The van der Waals surface area contributed by atoms with E-state index in [0.29, 0.717) is 31.0 Å². The molecule has 0 radical (unpaired) electrons. The van der Waals surface area contributed by atoms with E-state index in [1.807, 2.05) is 4.90 Å². The Morgan fingerprint density at radius 1 is 1.27 bits per heavy atom. The summed E-state index contributed by atoms with van der Waals surface area (Å²) in [6.45, 7) is 2.16. The highest BCUT2D eigenvalue weighted by atomic mass is 19.1. The molecule has 0 fully saturated rings. The second-order valence-corrected chi connectivity index (χ2v) is 6.07. The van der Waals surface area contributed by atoms with Crippen molar-refractivity contribution < 1.29 is 27.8 Å². The van der Waals surface area contributed by atoms with Crippen molar-refractivity contribution in [2.24, 2.45) is 0 Å². The molecule has 0 aliphatic rings. The Morgan fingerprint density at radius 2 is 2.12 bits per heavy atom. The van der Waals surface area contributed by atoms with E-state index in [4.69, 9.17) is 13.9 Å². The molecule has 5 nitrogen and oxygen atoms in total. The van der Waals surface area contributed by atoms with Gasteiger partial charge in [-0.15, -0.1) is 0 Å². The molecule has 1 aromatic carbocycles. The molecule has 1 N–H and O–H groups in total. The maximum Gasteiger partial charge on any atom is 0.130 e. The SMILES string of the molecule is COCCCN(Cc1ccc(F)cc1F)C[C@@H](O)COCc1ccco1. The first-order valence-corrected chi connectivity index (χ1v) is 8.52. The van der Waals surface area contributed by atoms with Crippen molar-refractivity contribution in [1.82, 2.24) is 4.90 Å². The average Bonchev–Trinajstić information content (AvgIpc) is 3.11. The van der Waals surface area contributed by atoms with E-state index < -0.39 is 17.7 Å². The Bertz CT molecular complexity index is 636. The molecule has 2 rings (SSSR count). The first-order valence-electron chi connectivity index (χ1n) is 8.52. The van der Waals surface area contributed by atoms with Crippen LogP contribution in [0, 0.1) is 11.6 Å². The minimum Gasteiger partial charge on any atom is -0.467 e. The van der Waals surface area contributed by atoms with Crippen molar-refractivity contribution in [2.45, 2.75) is 25.7 Å². The van der Waals surface area contributed by atoms with Crippen LogP contribution in [-0.2, 0) is 22.6 Å². The summed E-state index contributed by atoms with van der Waals surface area (Å²) in [5, 5.41) is 10.2. The van der Waals surface area contributed by atoms with Gasteiger partial charge in [0.2, 0.25) is 0 Å². The van der Waals surface area contributed by atoms with Crippen molar-refractivity contribution in [3.8, 4) is 0 Å². The zero-order valence-electron chi connectivity index (χ0n) is 14.9. The van der Waals surface area contributed by atoms with E-state index in [0.717, 1.165) is 12.5 Å². The van der Waals surface area contributed by atoms with Gasteiger partial charge >= 0.3 is 0 Å². The molecule has 0 saturated carbocycles. The van der Waals surface area contributed by atoms with E-state index in [1.165, 1.54) is 12.1 Å². The minimum absolute atomic E-state index is 0.132. The number of nitrogens with zero attached hydrogens (tertiary/aromatic N) is 1. The lowest BCUT2D eigenvalue weighted by Gasteiger charge is -2.25. The van der Waals surface area contributed by atoms with Crippen molar-refractivity contribution in [1.29, 1.82) is 0 Å². The van der Waals surface area contributed by atoms with Crippen LogP contribution in [0.3, 0.4) is 0 Å². The lowest BCUT2D eigenvalue weighted by molar-refractivity contribution is 0.00267. The quantitative estimate of drug-likeness (QED) is 0.583. The number of rotatable bonds is 12. The highest BCUT2D eigenvalue weighted by molar-refractivity contribution is 5.18. The first kappa shape index (κ1) is 20.5. The predicted molar refractivity (Wildman–Crippen MR) is 92.5 cm³/mol. The van der Waals surface area contributed by atoms with Gasteiger partial charge < -0.3 is 19.0 Å². The molecule has 0 saturated heterocycles. The van der Waals surface area contributed by atoms with Crippen LogP contribution in [-0.4, -0.2) is 49.5 Å². The van der Waals surface area contributed by atoms with Crippen LogP contribution >= 0.6 is 0 Å². The lowest BCUT2D eigenvalue weighted by atomic mass is 10.1. The van der Waals surface area contributed by atoms with Gasteiger partial charge in [-0.25, -0.2) is 8.78 Å². The number of halogens is 2. The third-order valence-corrected chi connectivity index (χ3v) is 3.84. The normalized spacial score (nSPS) is 12.7. The summed E-state index contributed by atoms with van der Waals surface area (Å²) in [6, 6.07) is 7.08. The Balaban J connectivity index is 1.86. The molecule has 0 unspecified atom stereocenters. The molecule has 1 heterocycles. The molecular formula is C19H25F2NO4. The summed E-state index contributed by atoms with van der Waals surface area (Å²) in [6.07, 6.45) is 1.56. The molecule has 0 amide bonds. The van der Waals surface area contributed by atoms with Crippen molar-refractivity contribution in [2.75, 3.05) is 33.4 Å². The summed E-state index contributed by atoms with van der Waals surface area (Å²) in [5.41, 5.74) is 0.382. The number of hydrogen-bond donors (Lipinski definition) is 1. The topological polar surface area (TPSA) is 55.1 Å². The number of furan rings is 1. The van der Waals surface area contributed by atoms with E-state index in [9.17, 15) is 13.9 Å². The van der Waals surface area contributed by atoms with Crippen LogP contribution in [0.25, 0.3) is 0 Å². The van der Waals surface area contributed by atoms with Crippen molar-refractivity contribution in [3.05, 3.63) is 59.6 Å². The fraction of sp³-hybridized carbons (Fsp3) is 0.474. The maximum absolute atomic E-state index is 13.9. The van der Waals surface area contributed by atoms with E-state index in [-0.39, 0.29) is 19.8 Å². The van der Waals surface area contributed by atoms with Gasteiger partial charge in [-0.1, -0.05) is 6.07 Å². The second-order valence-electron chi connectivity index (χ2n) is 6.07. The maximum atomic E-state index is 13.9. The molecular weight excluding hydrogens is 344 g/mol. The van der Waals surface area contributed by atoms with Gasteiger partial charge in [0.15, 0.2) is 0 Å². The Morgan fingerprint density at radius 3 is 2.81 bits per heavy atom. The number of hydrogen-bond acceptors (Lipinski definition) is 5. The Hall–Kier alpha value is -1.80. The molecule has 7 heteroatoms. The molecule has 144 valence electrons. The molecule has 26 heavy (non-hydrogen) atoms. The molecule has 0 aliphatic heterocycles. The molecule has 2 aromatic rings. The molecule has 0 spiro atoms. The van der Waals surface area contributed by atoms with Crippen LogP contribution in [0.5, 0.6) is 0 Å². The molecule has 0 aliphatic carbocycles. The number of methoxy groups -OCH3 is 1. The molecule has 0 bridgehead atoms. The average molecular weight is 369 g/mol. The summed E-state index contributed by atoms with van der Waals surface area (Å²) in [7, 11) is 1.61. The fourth-order valence-electron chi connectivity index (χ4n) is 2.60. The fourth-order valence-corrected chi connectivity index (χ4v) is 2.60. The standard InChI is InChI=1S/C19H25F2NO4/c1-24-8-3-7-22(11-15-5-6-16(20)10-19(15)21)12-17(23)13-25-14-18-4-2-9-26-18/h2,4-6,9-10,17,23H,3,7-8,11-14H2,1H3/t17-/m1/s1. The van der Waals surface area contributed by atoms with E-state index >= 15 is 0 Å². The number of ether oxygens (including phenoxy) is 2. The second kappa shape index (κ2) is 11.0. The van der Waals surface area contributed by atoms with Gasteiger partial charge in [0, 0.05) is 45.0 Å². The van der Waals surface area contributed by atoms with Crippen LogP contribution < -0.4 is 0 Å². The number of aliphatic hydroxyl groups is 1. The van der Waals surface area contributed by atoms with Crippen LogP contribution in [0.4, 0.5) is 8.78 Å². The van der Waals surface area contributed by atoms with Crippen LogP contribution in [0.1, 0.15) is 17.7 Å². The third-order valence-electron chi connectivity index (χ3n) is 3.84. The Kier molecular flexibility index (Phi) is 8.70. The van der Waals surface area contributed by atoms with Crippen LogP contribution in [0.15, 0.2) is 41.0 Å². The van der Waals surface area contributed by atoms with Gasteiger partial charge in [-0.05, 0) is 24.6 Å². The summed E-state index contributed by atoms with van der Waals surface area (Å²) in [4.78, 5) is 1.90. The van der Waals surface area contributed by atoms with Crippen molar-refractivity contribution >= 4 is 0 Å². The first-order chi connectivity index (χ1) is 12.6. The largest absolute Gasteiger partial charge is 0.467 e. The highest BCUT2D eigenvalue weighted by Gasteiger charge is 2.15. The number of benzene rings is 1. The van der Waals surface area contributed by atoms with Crippen LogP contribution in [0.2, 0.25) is 0 Å². The van der Waals surface area contributed by atoms with Gasteiger partial charge in [-0.2, -0.15) is 0 Å². The van der Waals surface area contributed by atoms with Crippen molar-refractivity contribution in [3.63, 3.8) is 0 Å². The summed E-state index contributed by atoms with van der Waals surface area (Å²) in [5.74, 6) is -0.517. The van der Waals surface area contributed by atoms with Gasteiger partial charge in [0.1, 0.15) is 24.0 Å². The Labute approximate surface area is 152 Å². The van der Waals surface area contributed by atoms with E-state index in [2.05, 4.69) is 0 Å². The summed E-state index contributed by atoms with van der Waals surface area (Å²) >= 11 is 0. The zero-order chi connectivity index (χ0) is 18.8. The lowest BCUT2D eigenvalue weighted by Crippen LogP contribution is -2.35.